The Labute approximate surface area is 202 Å². The van der Waals surface area contributed by atoms with Gasteiger partial charge in [0.2, 0.25) is 11.9 Å². The summed E-state index contributed by atoms with van der Waals surface area (Å²) in [7, 11) is 0. The Morgan fingerprint density at radius 1 is 1.06 bits per heavy atom. The summed E-state index contributed by atoms with van der Waals surface area (Å²) in [6, 6.07) is 0. The number of hydrogen-bond donors (Lipinski definition) is 3. The number of carbonyl (C=O) groups is 1. The van der Waals surface area contributed by atoms with Crippen LogP contribution < -0.4 is 20.4 Å². The van der Waals surface area contributed by atoms with E-state index in [-0.39, 0.29) is 28.9 Å². The van der Waals surface area contributed by atoms with E-state index in [1.165, 1.54) is 12.4 Å². The average molecular weight is 508 g/mol. The number of aromatic nitrogens is 6. The number of imidazole rings is 1. The molecular formula is C20H23F3N10O3. The van der Waals surface area contributed by atoms with Gasteiger partial charge >= 0.3 is 12.3 Å². The number of morpholine rings is 1. The second kappa shape index (κ2) is 9.69. The minimum atomic E-state index is -4.51. The fourth-order valence-electron chi connectivity index (χ4n) is 4.13. The van der Waals surface area contributed by atoms with E-state index in [1.54, 1.807) is 0 Å². The second-order valence-electron chi connectivity index (χ2n) is 8.22. The molecule has 0 saturated carbocycles. The highest BCUT2D eigenvalue weighted by atomic mass is 19.4. The molecular weight excluding hydrogens is 485 g/mol. The van der Waals surface area contributed by atoms with Crippen molar-refractivity contribution in [2.45, 2.75) is 12.7 Å². The van der Waals surface area contributed by atoms with E-state index < -0.39 is 18.8 Å². The molecule has 1 amide bonds. The van der Waals surface area contributed by atoms with Crippen molar-refractivity contribution in [3.8, 4) is 11.4 Å². The Kier molecular flexibility index (Phi) is 6.44. The van der Waals surface area contributed by atoms with Crippen molar-refractivity contribution in [3.63, 3.8) is 0 Å². The number of piperazine rings is 1. The molecule has 2 aliphatic rings. The van der Waals surface area contributed by atoms with E-state index in [4.69, 9.17) is 9.84 Å². The molecule has 3 N–H and O–H groups in total. The van der Waals surface area contributed by atoms with Crippen molar-refractivity contribution in [1.82, 2.24) is 34.8 Å². The minimum absolute atomic E-state index is 0.0417. The molecule has 0 aliphatic carbocycles. The smallest absolute Gasteiger partial charge is 0.411 e. The van der Waals surface area contributed by atoms with Crippen LogP contribution in [0.15, 0.2) is 12.4 Å². The second-order valence-corrected chi connectivity index (χ2v) is 8.22. The van der Waals surface area contributed by atoms with E-state index in [0.717, 1.165) is 4.57 Å². The summed E-state index contributed by atoms with van der Waals surface area (Å²) in [5.41, 5.74) is 0.620. The van der Waals surface area contributed by atoms with Gasteiger partial charge in [-0.15, -0.1) is 0 Å². The first-order chi connectivity index (χ1) is 17.3. The summed E-state index contributed by atoms with van der Waals surface area (Å²) in [4.78, 5) is 36.2. The van der Waals surface area contributed by atoms with Gasteiger partial charge in [-0.3, -0.25) is 9.88 Å². The molecule has 0 aromatic carbocycles. The van der Waals surface area contributed by atoms with Crippen molar-refractivity contribution >= 4 is 35.0 Å². The lowest BCUT2D eigenvalue weighted by atomic mass is 10.3. The number of fused-ring (bicyclic) bond motifs is 1. The number of alkyl halides is 3. The SMILES string of the molecule is O=C(O)Nc1ncc(-c2nc(N3CCOCC3)c3nc(N4CCNCC4)n(CC(F)(F)F)c3n2)cn1. The highest BCUT2D eigenvalue weighted by Gasteiger charge is 2.34. The topological polar surface area (TPSA) is 146 Å². The Hall–Kier alpha value is -3.79. The number of nitrogens with one attached hydrogen (secondary N) is 2. The lowest BCUT2D eigenvalue weighted by Crippen LogP contribution is -2.45. The highest BCUT2D eigenvalue weighted by molar-refractivity contribution is 5.88. The summed E-state index contributed by atoms with van der Waals surface area (Å²) < 4.78 is 47.6. The van der Waals surface area contributed by atoms with Gasteiger partial charge in [-0.25, -0.2) is 29.7 Å². The van der Waals surface area contributed by atoms with E-state index in [0.29, 0.717) is 63.9 Å². The van der Waals surface area contributed by atoms with Gasteiger partial charge in [0, 0.05) is 51.7 Å². The Balaban J connectivity index is 1.67. The third kappa shape index (κ3) is 5.08. The molecule has 16 heteroatoms. The summed E-state index contributed by atoms with van der Waals surface area (Å²) in [6.45, 7) is 2.82. The number of carboxylic acid groups (broad SMARTS) is 1. The number of anilines is 3. The van der Waals surface area contributed by atoms with E-state index in [1.807, 2.05) is 15.1 Å². The Morgan fingerprint density at radius 2 is 1.75 bits per heavy atom. The molecule has 5 rings (SSSR count). The van der Waals surface area contributed by atoms with E-state index in [9.17, 15) is 18.0 Å². The van der Waals surface area contributed by atoms with Crippen molar-refractivity contribution < 1.29 is 27.8 Å². The molecule has 3 aromatic rings. The zero-order valence-electron chi connectivity index (χ0n) is 19.0. The summed E-state index contributed by atoms with van der Waals surface area (Å²) in [5, 5.41) is 14.1. The maximum atomic E-state index is 13.7. The van der Waals surface area contributed by atoms with Gasteiger partial charge in [-0.1, -0.05) is 0 Å². The van der Waals surface area contributed by atoms with Gasteiger partial charge in [-0.05, 0) is 0 Å². The number of nitrogens with zero attached hydrogens (tertiary/aromatic N) is 8. The predicted molar refractivity (Wildman–Crippen MR) is 122 cm³/mol. The van der Waals surface area contributed by atoms with E-state index in [2.05, 4.69) is 30.2 Å². The van der Waals surface area contributed by atoms with Gasteiger partial charge in [0.05, 0.1) is 18.8 Å². The molecule has 0 atom stereocenters. The molecule has 2 fully saturated rings. The molecule has 13 nitrogen and oxygen atoms in total. The van der Waals surface area contributed by atoms with Crippen LogP contribution in [0.3, 0.4) is 0 Å². The molecule has 2 aliphatic heterocycles. The van der Waals surface area contributed by atoms with Crippen LogP contribution in [-0.4, -0.2) is 99.3 Å². The zero-order chi connectivity index (χ0) is 25.3. The van der Waals surface area contributed by atoms with Gasteiger partial charge < -0.3 is 25.0 Å². The van der Waals surface area contributed by atoms with E-state index >= 15 is 0 Å². The van der Waals surface area contributed by atoms with Crippen molar-refractivity contribution in [2.24, 2.45) is 0 Å². The Morgan fingerprint density at radius 3 is 2.39 bits per heavy atom. The molecule has 0 bridgehead atoms. The number of halogens is 3. The lowest BCUT2D eigenvalue weighted by Gasteiger charge is -2.28. The maximum absolute atomic E-state index is 13.7. The molecule has 0 spiro atoms. The summed E-state index contributed by atoms with van der Waals surface area (Å²) in [5.74, 6) is 0.523. The number of amides is 1. The number of ether oxygens (including phenoxy) is 1. The maximum Gasteiger partial charge on any atom is 0.411 e. The van der Waals surface area contributed by atoms with Crippen LogP contribution in [0.25, 0.3) is 22.6 Å². The molecule has 0 radical (unpaired) electrons. The first-order valence-corrected chi connectivity index (χ1v) is 11.2. The van der Waals surface area contributed by atoms with Crippen LogP contribution in [0.4, 0.5) is 35.7 Å². The monoisotopic (exact) mass is 508 g/mol. The van der Waals surface area contributed by atoms with Crippen molar-refractivity contribution in [2.75, 3.05) is 67.6 Å². The lowest BCUT2D eigenvalue weighted by molar-refractivity contribution is -0.139. The predicted octanol–water partition coefficient (Wildman–Crippen LogP) is 1.18. The number of rotatable bonds is 5. The minimum Gasteiger partial charge on any atom is -0.465 e. The van der Waals surface area contributed by atoms with Crippen molar-refractivity contribution in [1.29, 1.82) is 0 Å². The van der Waals surface area contributed by atoms with Crippen LogP contribution in [0.1, 0.15) is 0 Å². The fraction of sp³-hybridized carbons (Fsp3) is 0.500. The fourth-order valence-corrected chi connectivity index (χ4v) is 4.13. The largest absolute Gasteiger partial charge is 0.465 e. The Bertz CT molecular complexity index is 1240. The zero-order valence-corrected chi connectivity index (χ0v) is 19.0. The van der Waals surface area contributed by atoms with Gasteiger partial charge in [-0.2, -0.15) is 13.2 Å². The van der Waals surface area contributed by atoms with Crippen LogP contribution in [0.5, 0.6) is 0 Å². The van der Waals surface area contributed by atoms with Gasteiger partial charge in [0.15, 0.2) is 22.8 Å². The van der Waals surface area contributed by atoms with Crippen LogP contribution in [-0.2, 0) is 11.3 Å². The summed E-state index contributed by atoms with van der Waals surface area (Å²) >= 11 is 0. The average Bonchev–Trinajstić information content (AvgIpc) is 3.21. The molecule has 3 aromatic heterocycles. The van der Waals surface area contributed by atoms with Crippen LogP contribution >= 0.6 is 0 Å². The third-order valence-electron chi connectivity index (χ3n) is 5.73. The van der Waals surface area contributed by atoms with Crippen LogP contribution in [0.2, 0.25) is 0 Å². The standard InChI is InChI=1S/C20H23F3N10O3/c21-20(22,23)11-33-16-13(27-18(33)32-3-1-24-2-4-32)15(31-5-7-36-8-6-31)28-14(29-16)12-9-25-17(26-10-12)30-19(34)35/h9-10,24H,1-8,11H2,(H,34,35)(H,25,26,30). The van der Waals surface area contributed by atoms with Crippen molar-refractivity contribution in [3.05, 3.63) is 12.4 Å². The van der Waals surface area contributed by atoms with Gasteiger partial charge in [0.1, 0.15) is 6.54 Å². The quantitative estimate of drug-likeness (QED) is 0.457. The molecule has 2 saturated heterocycles. The molecule has 192 valence electrons. The third-order valence-corrected chi connectivity index (χ3v) is 5.73. The molecule has 5 heterocycles. The van der Waals surface area contributed by atoms with Crippen LogP contribution in [0, 0.1) is 0 Å². The first kappa shape index (κ1) is 23.9. The highest BCUT2D eigenvalue weighted by Crippen LogP contribution is 2.33. The first-order valence-electron chi connectivity index (χ1n) is 11.2. The van der Waals surface area contributed by atoms with Gasteiger partial charge in [0.25, 0.3) is 0 Å². The molecule has 36 heavy (non-hydrogen) atoms. The summed E-state index contributed by atoms with van der Waals surface area (Å²) in [6.07, 6.45) is -3.21. The molecule has 0 unspecified atom stereocenters. The normalized spacial score (nSPS) is 17.0. The number of hydrogen-bond acceptors (Lipinski definition) is 10.